The molecule has 17 heavy (non-hydrogen) atoms. The van der Waals surface area contributed by atoms with E-state index in [2.05, 4.69) is 29.2 Å². The molecule has 2 nitrogen and oxygen atoms in total. The van der Waals surface area contributed by atoms with Crippen LogP contribution in [0.25, 0.3) is 10.6 Å². The van der Waals surface area contributed by atoms with E-state index in [1.54, 1.807) is 13.1 Å². The van der Waals surface area contributed by atoms with Crippen molar-refractivity contribution in [1.29, 1.82) is 0 Å². The predicted octanol–water partition coefficient (Wildman–Crippen LogP) is 3.89. The quantitative estimate of drug-likeness (QED) is 0.765. The largest absolute Gasteiger partial charge is 0.294 e. The van der Waals surface area contributed by atoms with Gasteiger partial charge in [-0.1, -0.05) is 18.2 Å². The highest BCUT2D eigenvalue weighted by molar-refractivity contribution is 7.16. The Balaban J connectivity index is 1.96. The van der Waals surface area contributed by atoms with Gasteiger partial charge in [0, 0.05) is 18.7 Å². The Kier molecular flexibility index (Phi) is 2.56. The van der Waals surface area contributed by atoms with Gasteiger partial charge in [0.25, 0.3) is 0 Å². The molecule has 1 saturated carbocycles. The minimum atomic E-state index is 0.0899. The number of carbonyl (C=O) groups excluding carboxylic acids is 1. The fourth-order valence-corrected chi connectivity index (χ4v) is 2.72. The Hall–Kier alpha value is -1.48. The van der Waals surface area contributed by atoms with E-state index in [0.29, 0.717) is 0 Å². The minimum Gasteiger partial charge on any atom is -0.294 e. The molecule has 86 valence electrons. The zero-order chi connectivity index (χ0) is 11.8. The van der Waals surface area contributed by atoms with Crippen molar-refractivity contribution in [3.8, 4) is 10.6 Å². The van der Waals surface area contributed by atoms with Gasteiger partial charge < -0.3 is 0 Å². The molecule has 3 heteroatoms. The van der Waals surface area contributed by atoms with Gasteiger partial charge in [0.05, 0.1) is 4.88 Å². The topological polar surface area (TPSA) is 30.0 Å². The number of benzene rings is 1. The van der Waals surface area contributed by atoms with E-state index in [-0.39, 0.29) is 5.78 Å². The van der Waals surface area contributed by atoms with E-state index in [9.17, 15) is 4.79 Å². The maximum atomic E-state index is 11.2. The number of rotatable bonds is 3. The Morgan fingerprint density at radius 3 is 2.88 bits per heavy atom. The van der Waals surface area contributed by atoms with Crippen LogP contribution in [0.2, 0.25) is 0 Å². The summed E-state index contributed by atoms with van der Waals surface area (Å²) >= 11 is 1.47. The Morgan fingerprint density at radius 2 is 2.24 bits per heavy atom. The number of ketones is 1. The molecule has 1 aromatic carbocycles. The Morgan fingerprint density at radius 1 is 1.41 bits per heavy atom. The van der Waals surface area contributed by atoms with Gasteiger partial charge >= 0.3 is 0 Å². The van der Waals surface area contributed by atoms with Crippen molar-refractivity contribution in [2.45, 2.75) is 25.7 Å². The molecule has 3 rings (SSSR count). The van der Waals surface area contributed by atoms with Crippen molar-refractivity contribution < 1.29 is 4.79 Å². The molecule has 2 aromatic rings. The molecule has 0 saturated heterocycles. The zero-order valence-corrected chi connectivity index (χ0v) is 10.5. The van der Waals surface area contributed by atoms with Crippen molar-refractivity contribution in [3.05, 3.63) is 40.9 Å². The van der Waals surface area contributed by atoms with Crippen molar-refractivity contribution in [2.24, 2.45) is 0 Å². The van der Waals surface area contributed by atoms with E-state index in [0.717, 1.165) is 21.4 Å². The molecule has 1 aromatic heterocycles. The molecule has 0 amide bonds. The molecular formula is C14H13NOS. The maximum absolute atomic E-state index is 11.2. The Labute approximate surface area is 104 Å². The lowest BCUT2D eigenvalue weighted by Crippen LogP contribution is -1.83. The molecular weight excluding hydrogens is 230 g/mol. The van der Waals surface area contributed by atoms with E-state index in [1.165, 1.54) is 29.7 Å². The van der Waals surface area contributed by atoms with Crippen LogP contribution in [0.1, 0.15) is 40.9 Å². The zero-order valence-electron chi connectivity index (χ0n) is 9.64. The van der Waals surface area contributed by atoms with Gasteiger partial charge in [0.2, 0.25) is 0 Å². The maximum Gasteiger partial charge on any atom is 0.171 e. The van der Waals surface area contributed by atoms with Gasteiger partial charge in [0.15, 0.2) is 5.78 Å². The van der Waals surface area contributed by atoms with E-state index < -0.39 is 0 Å². The molecule has 1 aliphatic carbocycles. The molecule has 0 atom stereocenters. The third-order valence-corrected chi connectivity index (χ3v) is 4.18. The van der Waals surface area contributed by atoms with Gasteiger partial charge in [-0.25, -0.2) is 4.98 Å². The molecule has 0 aliphatic heterocycles. The lowest BCUT2D eigenvalue weighted by Gasteiger charge is -2.00. The summed E-state index contributed by atoms with van der Waals surface area (Å²) < 4.78 is 0. The van der Waals surface area contributed by atoms with Crippen LogP contribution in [-0.2, 0) is 0 Å². The SMILES string of the molecule is CC(=O)c1cnc(-c2cccc(C3CC3)c2)s1. The minimum absolute atomic E-state index is 0.0899. The van der Waals surface area contributed by atoms with E-state index >= 15 is 0 Å². The van der Waals surface area contributed by atoms with Crippen LogP contribution >= 0.6 is 11.3 Å². The van der Waals surface area contributed by atoms with Crippen LogP contribution in [0, 0.1) is 0 Å². The number of hydrogen-bond donors (Lipinski definition) is 0. The number of Topliss-reactive ketones (excluding diaryl/α,β-unsaturated/α-hetero) is 1. The summed E-state index contributed by atoms with van der Waals surface area (Å²) in [6.07, 6.45) is 4.28. The summed E-state index contributed by atoms with van der Waals surface area (Å²) in [6.45, 7) is 1.58. The molecule has 0 N–H and O–H groups in total. The number of nitrogens with zero attached hydrogens (tertiary/aromatic N) is 1. The first kappa shape index (κ1) is 10.7. The number of hydrogen-bond acceptors (Lipinski definition) is 3. The molecule has 0 spiro atoms. The molecule has 1 heterocycles. The highest BCUT2D eigenvalue weighted by Gasteiger charge is 2.23. The fraction of sp³-hybridized carbons (Fsp3) is 0.286. The van der Waals surface area contributed by atoms with Gasteiger partial charge in [0.1, 0.15) is 5.01 Å². The first-order valence-corrected chi connectivity index (χ1v) is 6.63. The van der Waals surface area contributed by atoms with E-state index in [1.807, 2.05) is 0 Å². The summed E-state index contributed by atoms with van der Waals surface area (Å²) in [7, 11) is 0. The second-order valence-corrected chi connectivity index (χ2v) is 5.52. The fourth-order valence-electron chi connectivity index (χ4n) is 1.91. The number of thiazole rings is 1. The molecule has 1 fully saturated rings. The molecule has 0 unspecified atom stereocenters. The summed E-state index contributed by atoms with van der Waals surface area (Å²) in [5.41, 5.74) is 2.54. The van der Waals surface area contributed by atoms with Crippen LogP contribution in [0.5, 0.6) is 0 Å². The van der Waals surface area contributed by atoms with E-state index in [4.69, 9.17) is 0 Å². The van der Waals surface area contributed by atoms with Crippen LogP contribution in [0.15, 0.2) is 30.5 Å². The summed E-state index contributed by atoms with van der Waals surface area (Å²) in [6, 6.07) is 8.54. The van der Waals surface area contributed by atoms with Crippen molar-refractivity contribution in [1.82, 2.24) is 4.98 Å². The van der Waals surface area contributed by atoms with Crippen LogP contribution in [0.3, 0.4) is 0 Å². The standard InChI is InChI=1S/C14H13NOS/c1-9(16)13-8-15-14(17-13)12-4-2-3-11(7-12)10-5-6-10/h2-4,7-8,10H,5-6H2,1H3. The summed E-state index contributed by atoms with van der Waals surface area (Å²) in [4.78, 5) is 16.3. The third-order valence-electron chi connectivity index (χ3n) is 3.04. The predicted molar refractivity (Wildman–Crippen MR) is 69.5 cm³/mol. The van der Waals surface area contributed by atoms with Crippen LogP contribution < -0.4 is 0 Å². The van der Waals surface area contributed by atoms with Crippen molar-refractivity contribution in [3.63, 3.8) is 0 Å². The molecule has 0 radical (unpaired) electrons. The third kappa shape index (κ3) is 2.15. The summed E-state index contributed by atoms with van der Waals surface area (Å²) in [5.74, 6) is 0.842. The number of carbonyl (C=O) groups is 1. The monoisotopic (exact) mass is 243 g/mol. The van der Waals surface area contributed by atoms with Gasteiger partial charge in [-0.3, -0.25) is 4.79 Å². The first-order valence-electron chi connectivity index (χ1n) is 5.81. The highest BCUT2D eigenvalue weighted by Crippen LogP contribution is 2.41. The Bertz CT molecular complexity index is 569. The van der Waals surface area contributed by atoms with Crippen LogP contribution in [-0.4, -0.2) is 10.8 Å². The normalized spacial score (nSPS) is 14.9. The average Bonchev–Trinajstić information content (AvgIpc) is 3.06. The van der Waals surface area contributed by atoms with Gasteiger partial charge in [-0.2, -0.15) is 0 Å². The molecule has 0 bridgehead atoms. The van der Waals surface area contributed by atoms with Crippen molar-refractivity contribution in [2.75, 3.05) is 0 Å². The van der Waals surface area contributed by atoms with Crippen LogP contribution in [0.4, 0.5) is 0 Å². The van der Waals surface area contributed by atoms with Crippen molar-refractivity contribution >= 4 is 17.1 Å². The molecule has 1 aliphatic rings. The lowest BCUT2D eigenvalue weighted by atomic mass is 10.1. The van der Waals surface area contributed by atoms with Gasteiger partial charge in [-0.05, 0) is 30.4 Å². The lowest BCUT2D eigenvalue weighted by molar-refractivity contribution is 0.102. The average molecular weight is 243 g/mol. The summed E-state index contributed by atoms with van der Waals surface area (Å²) in [5, 5.41) is 0.942. The van der Waals surface area contributed by atoms with Gasteiger partial charge in [-0.15, -0.1) is 11.3 Å². The second-order valence-electron chi connectivity index (χ2n) is 4.49. The number of aromatic nitrogens is 1. The first-order chi connectivity index (χ1) is 8.24. The highest BCUT2D eigenvalue weighted by atomic mass is 32.1. The smallest absolute Gasteiger partial charge is 0.171 e. The second kappa shape index (κ2) is 4.08.